The van der Waals surface area contributed by atoms with Gasteiger partial charge in [-0.3, -0.25) is 4.79 Å². The molecule has 0 radical (unpaired) electrons. The van der Waals surface area contributed by atoms with E-state index in [9.17, 15) is 10.1 Å². The number of aryl methyl sites for hydroxylation is 1. The van der Waals surface area contributed by atoms with Gasteiger partial charge in [0, 0.05) is 23.6 Å². The quantitative estimate of drug-likeness (QED) is 0.439. The third kappa shape index (κ3) is 3.96. The summed E-state index contributed by atoms with van der Waals surface area (Å²) in [6, 6.07) is 5.73. The highest BCUT2D eigenvalue weighted by Gasteiger charge is 2.20. The molecule has 140 valence electrons. The first-order valence-corrected chi connectivity index (χ1v) is 9.42. The molecule has 0 atom stereocenters. The number of fused-ring (bicyclic) bond motifs is 1. The second-order valence-electron chi connectivity index (χ2n) is 6.11. The summed E-state index contributed by atoms with van der Waals surface area (Å²) in [5.41, 5.74) is 2.55. The number of rotatable bonds is 5. The van der Waals surface area contributed by atoms with Gasteiger partial charge in [-0.15, -0.1) is 11.3 Å². The fraction of sp³-hybridized carbons (Fsp3) is 0.350. The van der Waals surface area contributed by atoms with Crippen LogP contribution in [-0.2, 0) is 17.6 Å². The molecule has 3 rings (SSSR count). The molecule has 0 N–H and O–H groups in total. The molecule has 7 heteroatoms. The Morgan fingerprint density at radius 2 is 1.89 bits per heavy atom. The normalized spacial score (nSPS) is 13.1. The maximum Gasteiger partial charge on any atom is 0.308 e. The van der Waals surface area contributed by atoms with E-state index >= 15 is 0 Å². The zero-order valence-electron chi connectivity index (χ0n) is 15.5. The lowest BCUT2D eigenvalue weighted by molar-refractivity contribution is -0.132. The van der Waals surface area contributed by atoms with E-state index in [4.69, 9.17) is 14.2 Å². The van der Waals surface area contributed by atoms with Crippen molar-refractivity contribution in [2.45, 2.75) is 32.6 Å². The second kappa shape index (κ2) is 8.23. The van der Waals surface area contributed by atoms with Crippen LogP contribution >= 0.6 is 11.3 Å². The Morgan fingerprint density at radius 1 is 1.22 bits per heavy atom. The van der Waals surface area contributed by atoms with Gasteiger partial charge in [0.2, 0.25) is 5.75 Å². The Bertz CT molecular complexity index is 915. The summed E-state index contributed by atoms with van der Waals surface area (Å²) in [6.07, 6.45) is 5.91. The van der Waals surface area contributed by atoms with E-state index in [2.05, 4.69) is 11.1 Å². The van der Waals surface area contributed by atoms with E-state index < -0.39 is 5.97 Å². The highest BCUT2D eigenvalue weighted by molar-refractivity contribution is 7.16. The smallest absolute Gasteiger partial charge is 0.308 e. The van der Waals surface area contributed by atoms with Crippen molar-refractivity contribution in [3.63, 3.8) is 0 Å². The van der Waals surface area contributed by atoms with Gasteiger partial charge >= 0.3 is 5.97 Å². The first kappa shape index (κ1) is 18.9. The monoisotopic (exact) mass is 384 g/mol. The molecule has 0 saturated heterocycles. The molecule has 0 bridgehead atoms. The number of benzene rings is 1. The maximum absolute atomic E-state index is 11.3. The lowest BCUT2D eigenvalue weighted by Gasteiger charge is -2.13. The average Bonchev–Trinajstić information content (AvgIpc) is 3.03. The standard InChI is InChI=1S/C20H20N2O4S/c1-12(23)26-19-16(24-2)8-13(9-17(19)25-3)11-22-20-15(10-21)14-6-4-5-7-18(14)27-20/h8-9,11H,4-7H2,1-3H3. The van der Waals surface area contributed by atoms with E-state index in [1.165, 1.54) is 26.0 Å². The Labute approximate surface area is 162 Å². The third-order valence-electron chi connectivity index (χ3n) is 4.32. The molecule has 0 amide bonds. The van der Waals surface area contributed by atoms with Crippen molar-refractivity contribution < 1.29 is 19.0 Å². The predicted octanol–water partition coefficient (Wildman–Crippen LogP) is 4.19. The lowest BCUT2D eigenvalue weighted by Crippen LogP contribution is -2.05. The van der Waals surface area contributed by atoms with Gasteiger partial charge in [0.05, 0.1) is 19.8 Å². The van der Waals surface area contributed by atoms with Gasteiger partial charge in [-0.05, 0) is 43.4 Å². The fourth-order valence-electron chi connectivity index (χ4n) is 3.11. The van der Waals surface area contributed by atoms with Crippen LogP contribution in [0.4, 0.5) is 5.00 Å². The number of hydrogen-bond donors (Lipinski definition) is 0. The minimum atomic E-state index is -0.462. The summed E-state index contributed by atoms with van der Waals surface area (Å²) < 4.78 is 15.8. The van der Waals surface area contributed by atoms with Gasteiger partial charge in [-0.1, -0.05) is 0 Å². The van der Waals surface area contributed by atoms with Crippen LogP contribution < -0.4 is 14.2 Å². The van der Waals surface area contributed by atoms with Gasteiger partial charge in [0.15, 0.2) is 11.5 Å². The van der Waals surface area contributed by atoms with Crippen molar-refractivity contribution in [3.05, 3.63) is 33.7 Å². The molecule has 1 aromatic carbocycles. The minimum Gasteiger partial charge on any atom is -0.493 e. The summed E-state index contributed by atoms with van der Waals surface area (Å²) in [4.78, 5) is 17.1. The van der Waals surface area contributed by atoms with E-state index in [0.717, 1.165) is 41.8 Å². The molecule has 6 nitrogen and oxygen atoms in total. The van der Waals surface area contributed by atoms with Crippen LogP contribution in [0.15, 0.2) is 17.1 Å². The van der Waals surface area contributed by atoms with Crippen LogP contribution in [0, 0.1) is 11.3 Å². The number of nitriles is 1. The lowest BCUT2D eigenvalue weighted by atomic mass is 9.96. The largest absolute Gasteiger partial charge is 0.493 e. The van der Waals surface area contributed by atoms with E-state index in [1.807, 2.05) is 0 Å². The Hall–Kier alpha value is -2.85. The molecule has 0 fully saturated rings. The van der Waals surface area contributed by atoms with Crippen molar-refractivity contribution in [1.29, 1.82) is 5.26 Å². The summed E-state index contributed by atoms with van der Waals surface area (Å²) in [6.45, 7) is 1.32. The molecule has 27 heavy (non-hydrogen) atoms. The highest BCUT2D eigenvalue weighted by atomic mass is 32.1. The summed E-state index contributed by atoms with van der Waals surface area (Å²) in [7, 11) is 2.98. The van der Waals surface area contributed by atoms with Crippen LogP contribution in [-0.4, -0.2) is 26.4 Å². The molecule has 1 heterocycles. The Morgan fingerprint density at radius 3 is 2.48 bits per heavy atom. The number of hydrogen-bond acceptors (Lipinski definition) is 7. The molecule has 1 aliphatic carbocycles. The number of ether oxygens (including phenoxy) is 3. The molecule has 0 spiro atoms. The first-order valence-electron chi connectivity index (χ1n) is 8.60. The maximum atomic E-state index is 11.3. The predicted molar refractivity (Wildman–Crippen MR) is 104 cm³/mol. The van der Waals surface area contributed by atoms with E-state index in [0.29, 0.717) is 17.1 Å². The second-order valence-corrected chi connectivity index (χ2v) is 7.19. The van der Waals surface area contributed by atoms with Gasteiger partial charge in [-0.2, -0.15) is 5.26 Å². The minimum absolute atomic E-state index is 0.231. The summed E-state index contributed by atoms with van der Waals surface area (Å²) in [5.74, 6) is 0.513. The molecule has 2 aromatic rings. The summed E-state index contributed by atoms with van der Waals surface area (Å²) in [5, 5.41) is 10.3. The Balaban J connectivity index is 1.97. The third-order valence-corrected chi connectivity index (χ3v) is 5.52. The molecule has 0 unspecified atom stereocenters. The van der Waals surface area contributed by atoms with Crippen molar-refractivity contribution in [3.8, 4) is 23.3 Å². The molecular formula is C20H20N2O4S. The number of aliphatic imine (C=N–C) groups is 1. The number of methoxy groups -OCH3 is 2. The highest BCUT2D eigenvalue weighted by Crippen LogP contribution is 2.40. The van der Waals surface area contributed by atoms with Crippen molar-refractivity contribution in [1.82, 2.24) is 0 Å². The number of esters is 1. The van der Waals surface area contributed by atoms with Crippen LogP contribution in [0.3, 0.4) is 0 Å². The van der Waals surface area contributed by atoms with Crippen LogP contribution in [0.1, 0.15) is 41.3 Å². The van der Waals surface area contributed by atoms with Gasteiger partial charge in [-0.25, -0.2) is 4.99 Å². The van der Waals surface area contributed by atoms with Crippen LogP contribution in [0.5, 0.6) is 17.2 Å². The zero-order valence-corrected chi connectivity index (χ0v) is 16.3. The molecule has 1 aromatic heterocycles. The van der Waals surface area contributed by atoms with Crippen molar-refractivity contribution in [2.24, 2.45) is 4.99 Å². The molecular weight excluding hydrogens is 364 g/mol. The zero-order chi connectivity index (χ0) is 19.4. The SMILES string of the molecule is COc1cc(C=Nc2sc3c(c2C#N)CCCC3)cc(OC)c1OC(C)=O. The summed E-state index contributed by atoms with van der Waals surface area (Å²) >= 11 is 1.58. The van der Waals surface area contributed by atoms with Crippen LogP contribution in [0.25, 0.3) is 0 Å². The molecule has 1 aliphatic rings. The Kier molecular flexibility index (Phi) is 5.77. The van der Waals surface area contributed by atoms with E-state index in [-0.39, 0.29) is 5.75 Å². The van der Waals surface area contributed by atoms with Crippen LogP contribution in [0.2, 0.25) is 0 Å². The average molecular weight is 384 g/mol. The van der Waals surface area contributed by atoms with Gasteiger partial charge in [0.25, 0.3) is 0 Å². The number of thiophene rings is 1. The fourth-order valence-corrected chi connectivity index (χ4v) is 4.29. The number of carbonyl (C=O) groups excluding carboxylic acids is 1. The molecule has 0 saturated carbocycles. The van der Waals surface area contributed by atoms with Gasteiger partial charge < -0.3 is 14.2 Å². The van der Waals surface area contributed by atoms with E-state index in [1.54, 1.807) is 29.7 Å². The van der Waals surface area contributed by atoms with Crippen molar-refractivity contribution in [2.75, 3.05) is 14.2 Å². The molecule has 0 aliphatic heterocycles. The first-order chi connectivity index (χ1) is 13.1. The number of nitrogens with zero attached hydrogens (tertiary/aromatic N) is 2. The topological polar surface area (TPSA) is 80.9 Å². The number of carbonyl (C=O) groups is 1. The van der Waals surface area contributed by atoms with Gasteiger partial charge in [0.1, 0.15) is 11.1 Å². The van der Waals surface area contributed by atoms with Crippen molar-refractivity contribution >= 4 is 28.5 Å².